The molecule has 1 fully saturated rings. The van der Waals surface area contributed by atoms with Gasteiger partial charge in [-0.3, -0.25) is 4.79 Å². The van der Waals surface area contributed by atoms with Crippen LogP contribution in [0.15, 0.2) is 12.1 Å². The number of rotatable bonds is 2. The minimum Gasteiger partial charge on any atom is -0.350 e. The molecule has 0 spiro atoms. The molecule has 1 aromatic heterocycles. The van der Waals surface area contributed by atoms with Gasteiger partial charge < -0.3 is 19.7 Å². The molecular weight excluding hydrogens is 309 g/mol. The Balaban J connectivity index is 1.93. The zero-order valence-corrected chi connectivity index (χ0v) is 14.0. The first-order valence-electron chi connectivity index (χ1n) is 8.51. The van der Waals surface area contributed by atoms with E-state index >= 15 is 0 Å². The molecule has 4 rings (SSSR count). The first-order chi connectivity index (χ1) is 11.6. The molecule has 2 aliphatic rings. The van der Waals surface area contributed by atoms with Gasteiger partial charge in [-0.15, -0.1) is 0 Å². The Morgan fingerprint density at radius 2 is 2.04 bits per heavy atom. The second kappa shape index (κ2) is 5.73. The Hall–Kier alpha value is -2.15. The lowest BCUT2D eigenvalue weighted by molar-refractivity contribution is 0.0952. The number of anilines is 1. The van der Waals surface area contributed by atoms with E-state index in [1.807, 2.05) is 0 Å². The van der Waals surface area contributed by atoms with Gasteiger partial charge in [0.05, 0.1) is 22.6 Å². The predicted molar refractivity (Wildman–Crippen MR) is 91.1 cm³/mol. The number of aromatic nitrogens is 2. The lowest BCUT2D eigenvalue weighted by atomic mass is 10.1. The molecule has 1 atom stereocenters. The maximum absolute atomic E-state index is 14.0. The van der Waals surface area contributed by atoms with E-state index in [2.05, 4.69) is 33.7 Å². The van der Waals surface area contributed by atoms with E-state index in [9.17, 15) is 9.18 Å². The second-order valence-corrected chi connectivity index (χ2v) is 6.67. The van der Waals surface area contributed by atoms with Crippen LogP contribution in [0.4, 0.5) is 10.3 Å². The van der Waals surface area contributed by atoms with Crippen molar-refractivity contribution in [3.8, 4) is 0 Å². The fourth-order valence-electron chi connectivity index (χ4n) is 3.66. The molecule has 1 saturated heterocycles. The largest absolute Gasteiger partial charge is 0.350 e. The number of hydrogen-bond acceptors (Lipinski definition) is 4. The fraction of sp³-hybridized carbons (Fsp3) is 0.529. The molecule has 1 aromatic carbocycles. The van der Waals surface area contributed by atoms with Gasteiger partial charge in [0, 0.05) is 38.8 Å². The van der Waals surface area contributed by atoms with Crippen LogP contribution in [0.1, 0.15) is 29.7 Å². The second-order valence-electron chi connectivity index (χ2n) is 6.67. The van der Waals surface area contributed by atoms with Gasteiger partial charge in [-0.05, 0) is 19.5 Å². The van der Waals surface area contributed by atoms with Crippen molar-refractivity contribution in [3.63, 3.8) is 0 Å². The molecule has 0 bridgehead atoms. The number of piperazine rings is 1. The number of imidazole rings is 1. The fourth-order valence-corrected chi connectivity index (χ4v) is 3.66. The van der Waals surface area contributed by atoms with E-state index in [-0.39, 0.29) is 11.9 Å². The third-order valence-electron chi connectivity index (χ3n) is 5.10. The highest BCUT2D eigenvalue weighted by atomic mass is 19.1. The van der Waals surface area contributed by atoms with Gasteiger partial charge >= 0.3 is 0 Å². The molecular formula is C17H22FN5O. The molecule has 6 nitrogen and oxygen atoms in total. The van der Waals surface area contributed by atoms with E-state index in [1.165, 1.54) is 12.1 Å². The predicted octanol–water partition coefficient (Wildman–Crippen LogP) is 1.62. The minimum atomic E-state index is -0.419. The summed E-state index contributed by atoms with van der Waals surface area (Å²) in [6, 6.07) is 2.88. The Kier molecular flexibility index (Phi) is 3.68. The smallest absolute Gasteiger partial charge is 0.253 e. The number of hydrogen-bond donors (Lipinski definition) is 1. The van der Waals surface area contributed by atoms with Gasteiger partial charge in [-0.2, -0.15) is 0 Å². The van der Waals surface area contributed by atoms with Gasteiger partial charge in [0.25, 0.3) is 5.91 Å². The van der Waals surface area contributed by atoms with Crippen LogP contribution in [0.2, 0.25) is 0 Å². The maximum Gasteiger partial charge on any atom is 0.253 e. The molecule has 2 aromatic rings. The van der Waals surface area contributed by atoms with Crippen LogP contribution < -0.4 is 10.2 Å². The molecule has 7 heteroatoms. The minimum absolute atomic E-state index is 0.125. The Morgan fingerprint density at radius 1 is 1.29 bits per heavy atom. The molecule has 0 radical (unpaired) electrons. The highest BCUT2D eigenvalue weighted by Crippen LogP contribution is 2.33. The molecule has 128 valence electrons. The van der Waals surface area contributed by atoms with Gasteiger partial charge in [0.2, 0.25) is 5.95 Å². The highest BCUT2D eigenvalue weighted by Gasteiger charge is 2.30. The zero-order chi connectivity index (χ0) is 16.8. The quantitative estimate of drug-likeness (QED) is 0.909. The number of carbonyl (C=O) groups is 1. The number of nitrogens with zero attached hydrogens (tertiary/aromatic N) is 4. The molecule has 0 saturated carbocycles. The van der Waals surface area contributed by atoms with Crippen molar-refractivity contribution in [2.75, 3.05) is 44.7 Å². The summed E-state index contributed by atoms with van der Waals surface area (Å²) in [5.74, 6) is 0.215. The number of halogens is 1. The Morgan fingerprint density at radius 3 is 2.75 bits per heavy atom. The zero-order valence-electron chi connectivity index (χ0n) is 14.0. The van der Waals surface area contributed by atoms with Crippen molar-refractivity contribution in [2.45, 2.75) is 19.4 Å². The van der Waals surface area contributed by atoms with Crippen LogP contribution in [0.3, 0.4) is 0 Å². The summed E-state index contributed by atoms with van der Waals surface area (Å²) in [5, 5.41) is 2.92. The summed E-state index contributed by atoms with van der Waals surface area (Å²) in [6.45, 7) is 6.35. The van der Waals surface area contributed by atoms with E-state index in [0.717, 1.165) is 44.1 Å². The summed E-state index contributed by atoms with van der Waals surface area (Å²) < 4.78 is 16.1. The van der Waals surface area contributed by atoms with Crippen LogP contribution in [0, 0.1) is 5.82 Å². The summed E-state index contributed by atoms with van der Waals surface area (Å²) in [5.41, 5.74) is 1.70. The van der Waals surface area contributed by atoms with E-state index in [0.29, 0.717) is 17.6 Å². The molecule has 0 aliphatic carbocycles. The van der Waals surface area contributed by atoms with Crippen molar-refractivity contribution >= 4 is 22.9 Å². The first kappa shape index (κ1) is 15.4. The average Bonchev–Trinajstić information content (AvgIpc) is 2.87. The third kappa shape index (κ3) is 2.34. The van der Waals surface area contributed by atoms with Gasteiger partial charge in [-0.25, -0.2) is 9.37 Å². The number of carbonyl (C=O) groups excluding carboxylic acids is 1. The van der Waals surface area contributed by atoms with Crippen LogP contribution in [0.5, 0.6) is 0 Å². The lowest BCUT2D eigenvalue weighted by Gasteiger charge is -2.34. The Labute approximate surface area is 140 Å². The third-order valence-corrected chi connectivity index (χ3v) is 5.10. The summed E-state index contributed by atoms with van der Waals surface area (Å²) >= 11 is 0. The van der Waals surface area contributed by atoms with Crippen LogP contribution in [-0.2, 0) is 0 Å². The van der Waals surface area contributed by atoms with Crippen molar-refractivity contribution < 1.29 is 9.18 Å². The number of amides is 1. The summed E-state index contributed by atoms with van der Waals surface area (Å²) in [4.78, 5) is 21.7. The first-order valence-corrected chi connectivity index (χ1v) is 8.51. The Bertz CT molecular complexity index is 794. The van der Waals surface area contributed by atoms with Gasteiger partial charge in [-0.1, -0.05) is 6.92 Å². The van der Waals surface area contributed by atoms with Crippen LogP contribution in [0.25, 0.3) is 11.0 Å². The topological polar surface area (TPSA) is 53.4 Å². The van der Waals surface area contributed by atoms with E-state index in [1.54, 1.807) is 0 Å². The number of benzene rings is 1. The molecule has 24 heavy (non-hydrogen) atoms. The molecule has 1 amide bonds. The normalized spacial score (nSPS) is 21.9. The lowest BCUT2D eigenvalue weighted by Crippen LogP contribution is -2.45. The average molecular weight is 331 g/mol. The number of nitrogens with one attached hydrogen (secondary N) is 1. The monoisotopic (exact) mass is 331 g/mol. The number of likely N-dealkylation sites (N-methyl/N-ethyl adjacent to an activating group) is 1. The van der Waals surface area contributed by atoms with Crippen molar-refractivity contribution in [3.05, 3.63) is 23.5 Å². The standard InChI is InChI=1S/C17H22FN5O/c1-3-12-10-19-16(24)13-8-11(18)9-14-15(13)23(12)17(20-14)22-6-4-21(2)5-7-22/h8-9,12H,3-7,10H2,1-2H3,(H,19,24). The van der Waals surface area contributed by atoms with Gasteiger partial charge in [0.15, 0.2) is 0 Å². The van der Waals surface area contributed by atoms with Crippen molar-refractivity contribution in [2.24, 2.45) is 0 Å². The highest BCUT2D eigenvalue weighted by molar-refractivity contribution is 6.06. The van der Waals surface area contributed by atoms with E-state index < -0.39 is 5.82 Å². The van der Waals surface area contributed by atoms with Crippen molar-refractivity contribution in [1.29, 1.82) is 0 Å². The molecule has 2 aliphatic heterocycles. The SMILES string of the molecule is CCC1CNC(=O)c2cc(F)cc3nc(N4CCN(C)CC4)n1c23. The van der Waals surface area contributed by atoms with E-state index in [4.69, 9.17) is 4.98 Å². The van der Waals surface area contributed by atoms with Crippen LogP contribution in [-0.4, -0.2) is 60.1 Å². The summed E-state index contributed by atoms with van der Waals surface area (Å²) in [6.07, 6.45) is 0.878. The van der Waals surface area contributed by atoms with Gasteiger partial charge in [0.1, 0.15) is 5.82 Å². The summed E-state index contributed by atoms with van der Waals surface area (Å²) in [7, 11) is 2.11. The molecule has 3 heterocycles. The van der Waals surface area contributed by atoms with Crippen LogP contribution >= 0.6 is 0 Å². The molecule has 1 unspecified atom stereocenters. The maximum atomic E-state index is 14.0. The molecule has 1 N–H and O–H groups in total. The van der Waals surface area contributed by atoms with Crippen molar-refractivity contribution in [1.82, 2.24) is 19.8 Å².